The third-order valence-corrected chi connectivity index (χ3v) is 12.6. The van der Waals surface area contributed by atoms with Gasteiger partial charge in [0.25, 0.3) is 0 Å². The summed E-state index contributed by atoms with van der Waals surface area (Å²) >= 11 is 0. The molecule has 30 heavy (non-hydrogen) atoms. The standard InChI is InChI=1S/2C15H24/c2*1-10-7-8-15-9-12(10)14(3,4)13(15)6-5-11(15)2/h7,11-13H,5-6,8-9H2,1-4H3;11-13H,1,5-9H2,2-4H3. The predicted octanol–water partition coefficient (Wildman–Crippen LogP) is 8.83. The molecular formula is C30H48. The Hall–Kier alpha value is -0.520. The Morgan fingerprint density at radius 3 is 2.00 bits per heavy atom. The van der Waals surface area contributed by atoms with Crippen LogP contribution in [0.4, 0.5) is 0 Å². The average Bonchev–Trinajstić information content (AvgIpc) is 3.29. The van der Waals surface area contributed by atoms with Crippen molar-refractivity contribution in [3.63, 3.8) is 0 Å². The smallest absolute Gasteiger partial charge is 0.0146 e. The fourth-order valence-corrected chi connectivity index (χ4v) is 10.8. The first-order valence-electron chi connectivity index (χ1n) is 13.3. The Morgan fingerprint density at radius 1 is 0.800 bits per heavy atom. The van der Waals surface area contributed by atoms with Crippen molar-refractivity contribution in [2.75, 3.05) is 0 Å². The maximum atomic E-state index is 4.34. The van der Waals surface area contributed by atoms with Gasteiger partial charge in [0.05, 0.1) is 0 Å². The van der Waals surface area contributed by atoms with E-state index in [2.05, 4.69) is 61.1 Å². The summed E-state index contributed by atoms with van der Waals surface area (Å²) in [4.78, 5) is 0. The van der Waals surface area contributed by atoms with Gasteiger partial charge in [0.15, 0.2) is 0 Å². The summed E-state index contributed by atoms with van der Waals surface area (Å²) in [5, 5.41) is 0. The Morgan fingerprint density at radius 2 is 1.33 bits per heavy atom. The molecule has 0 aromatic carbocycles. The normalized spacial score (nSPS) is 51.7. The summed E-state index contributed by atoms with van der Waals surface area (Å²) in [5.74, 6) is 5.65. The van der Waals surface area contributed by atoms with Crippen molar-refractivity contribution in [1.82, 2.24) is 0 Å². The molecule has 0 radical (unpaired) electrons. The lowest BCUT2D eigenvalue weighted by molar-refractivity contribution is 0.118. The minimum Gasteiger partial charge on any atom is -0.0996 e. The number of hydrogen-bond donors (Lipinski definition) is 0. The van der Waals surface area contributed by atoms with Crippen molar-refractivity contribution < 1.29 is 0 Å². The van der Waals surface area contributed by atoms with E-state index >= 15 is 0 Å². The molecule has 6 rings (SSSR count). The van der Waals surface area contributed by atoms with E-state index in [1.807, 2.05) is 0 Å². The SMILES string of the molecule is C=C1CCC23CC1C(C)(C)C2CCC3C.CC1=CCC23CC1C(C)(C)C2CCC3C. The maximum Gasteiger partial charge on any atom is -0.0146 e. The highest BCUT2D eigenvalue weighted by atomic mass is 14.7. The highest BCUT2D eigenvalue weighted by molar-refractivity contribution is 5.25. The van der Waals surface area contributed by atoms with Crippen LogP contribution >= 0.6 is 0 Å². The molecule has 0 heteroatoms. The van der Waals surface area contributed by atoms with E-state index in [1.54, 1.807) is 11.1 Å². The molecule has 168 valence electrons. The minimum atomic E-state index is 0.540. The molecule has 0 saturated heterocycles. The van der Waals surface area contributed by atoms with Crippen molar-refractivity contribution in [2.45, 2.75) is 106 Å². The fourth-order valence-electron chi connectivity index (χ4n) is 10.8. The van der Waals surface area contributed by atoms with Gasteiger partial charge in [-0.05, 0) is 122 Å². The van der Waals surface area contributed by atoms with E-state index < -0.39 is 0 Å². The zero-order chi connectivity index (χ0) is 21.7. The Kier molecular flexibility index (Phi) is 4.63. The van der Waals surface area contributed by atoms with Crippen LogP contribution < -0.4 is 0 Å². The lowest BCUT2D eigenvalue weighted by Gasteiger charge is -2.38. The van der Waals surface area contributed by atoms with Crippen molar-refractivity contribution in [2.24, 2.45) is 57.2 Å². The number of fused-ring (bicyclic) bond motifs is 2. The van der Waals surface area contributed by atoms with Crippen LogP contribution in [0.25, 0.3) is 0 Å². The molecular weight excluding hydrogens is 360 g/mol. The highest BCUT2D eigenvalue weighted by Crippen LogP contribution is 2.72. The molecule has 0 N–H and O–H groups in total. The maximum absolute atomic E-state index is 4.34. The highest BCUT2D eigenvalue weighted by Gasteiger charge is 2.64. The summed E-state index contributed by atoms with van der Waals surface area (Å²) in [6, 6.07) is 0. The summed E-state index contributed by atoms with van der Waals surface area (Å²) < 4.78 is 0. The first-order chi connectivity index (χ1) is 14.0. The zero-order valence-electron chi connectivity index (χ0n) is 21.1. The van der Waals surface area contributed by atoms with Crippen molar-refractivity contribution in [3.8, 4) is 0 Å². The van der Waals surface area contributed by atoms with Gasteiger partial charge < -0.3 is 0 Å². The van der Waals surface area contributed by atoms with Crippen LogP contribution in [-0.2, 0) is 0 Å². The first kappa shape index (κ1) is 21.3. The number of hydrogen-bond acceptors (Lipinski definition) is 0. The second-order valence-electron chi connectivity index (χ2n) is 14.0. The van der Waals surface area contributed by atoms with Crippen molar-refractivity contribution in [3.05, 3.63) is 23.8 Å². The van der Waals surface area contributed by atoms with Gasteiger partial charge in [-0.1, -0.05) is 65.3 Å². The van der Waals surface area contributed by atoms with Gasteiger partial charge in [-0.15, -0.1) is 0 Å². The molecule has 6 aliphatic carbocycles. The molecule has 0 aromatic rings. The molecule has 0 amide bonds. The van der Waals surface area contributed by atoms with Gasteiger partial charge in [0.1, 0.15) is 0 Å². The molecule has 4 bridgehead atoms. The summed E-state index contributed by atoms with van der Waals surface area (Å²) in [6.07, 6.45) is 15.6. The van der Waals surface area contributed by atoms with Crippen LogP contribution in [0.5, 0.6) is 0 Å². The van der Waals surface area contributed by atoms with Gasteiger partial charge in [-0.2, -0.15) is 0 Å². The molecule has 8 unspecified atom stereocenters. The Bertz CT molecular complexity index is 763. The summed E-state index contributed by atoms with van der Waals surface area (Å²) in [7, 11) is 0. The molecule has 5 fully saturated rings. The largest absolute Gasteiger partial charge is 0.0996 e. The van der Waals surface area contributed by atoms with E-state index in [1.165, 1.54) is 57.8 Å². The molecule has 0 nitrogen and oxygen atoms in total. The van der Waals surface area contributed by atoms with Crippen LogP contribution in [0.2, 0.25) is 0 Å². The topological polar surface area (TPSA) is 0 Å². The second kappa shape index (κ2) is 6.51. The van der Waals surface area contributed by atoms with E-state index in [0.29, 0.717) is 16.2 Å². The third-order valence-electron chi connectivity index (χ3n) is 12.6. The quantitative estimate of drug-likeness (QED) is 0.351. The Balaban J connectivity index is 0.000000128. The molecule has 5 saturated carbocycles. The lowest BCUT2D eigenvalue weighted by atomic mass is 9.67. The summed E-state index contributed by atoms with van der Waals surface area (Å²) in [5.41, 5.74) is 5.78. The molecule has 0 aromatic heterocycles. The fraction of sp³-hybridized carbons (Fsp3) is 0.867. The van der Waals surface area contributed by atoms with Gasteiger partial charge in [-0.25, -0.2) is 0 Å². The van der Waals surface area contributed by atoms with Crippen LogP contribution in [0, 0.1) is 57.2 Å². The number of allylic oxidation sites excluding steroid dienone is 3. The van der Waals surface area contributed by atoms with Crippen LogP contribution in [0.15, 0.2) is 23.8 Å². The van der Waals surface area contributed by atoms with Gasteiger partial charge in [-0.3, -0.25) is 0 Å². The first-order valence-corrected chi connectivity index (χ1v) is 13.3. The zero-order valence-corrected chi connectivity index (χ0v) is 21.1. The van der Waals surface area contributed by atoms with E-state index in [4.69, 9.17) is 0 Å². The average molecular weight is 409 g/mol. The third kappa shape index (κ3) is 2.52. The second-order valence-corrected chi connectivity index (χ2v) is 14.0. The van der Waals surface area contributed by atoms with Gasteiger partial charge >= 0.3 is 0 Å². The molecule has 6 aliphatic rings. The van der Waals surface area contributed by atoms with Gasteiger partial charge in [0, 0.05) is 0 Å². The predicted molar refractivity (Wildman–Crippen MR) is 129 cm³/mol. The van der Waals surface area contributed by atoms with Crippen LogP contribution in [0.3, 0.4) is 0 Å². The van der Waals surface area contributed by atoms with Crippen molar-refractivity contribution in [1.29, 1.82) is 0 Å². The number of rotatable bonds is 0. The van der Waals surface area contributed by atoms with Crippen LogP contribution in [0.1, 0.15) is 106 Å². The molecule has 0 aliphatic heterocycles. The molecule has 8 atom stereocenters. The van der Waals surface area contributed by atoms with E-state index in [-0.39, 0.29) is 0 Å². The van der Waals surface area contributed by atoms with E-state index in [0.717, 1.165) is 40.9 Å². The lowest BCUT2D eigenvalue weighted by Crippen LogP contribution is -2.30. The van der Waals surface area contributed by atoms with Crippen molar-refractivity contribution >= 4 is 0 Å². The van der Waals surface area contributed by atoms with Gasteiger partial charge in [0.2, 0.25) is 0 Å². The van der Waals surface area contributed by atoms with Crippen LogP contribution in [-0.4, -0.2) is 0 Å². The molecule has 0 heterocycles. The summed E-state index contributed by atoms with van der Waals surface area (Å²) in [6.45, 7) is 21.8. The Labute approximate surface area is 187 Å². The minimum absolute atomic E-state index is 0.540. The monoisotopic (exact) mass is 408 g/mol. The van der Waals surface area contributed by atoms with E-state index in [9.17, 15) is 0 Å². The molecule has 2 spiro atoms.